The van der Waals surface area contributed by atoms with Gasteiger partial charge in [-0.25, -0.2) is 9.18 Å². The Balaban J connectivity index is 1.22. The van der Waals surface area contributed by atoms with Gasteiger partial charge in [-0.15, -0.1) is 0 Å². The van der Waals surface area contributed by atoms with Crippen molar-refractivity contribution in [3.8, 4) is 0 Å². The molecule has 1 amide bonds. The number of rotatable bonds is 3. The van der Waals surface area contributed by atoms with Gasteiger partial charge in [0, 0.05) is 6.04 Å². The molecule has 162 valence electrons. The number of hydrogen-bond donors (Lipinski definition) is 1. The molecule has 7 heteroatoms. The summed E-state index contributed by atoms with van der Waals surface area (Å²) in [7, 11) is 0. The summed E-state index contributed by atoms with van der Waals surface area (Å²) in [6, 6.07) is 5.59. The van der Waals surface area contributed by atoms with E-state index in [2.05, 4.69) is 11.0 Å². The third-order valence-electron chi connectivity index (χ3n) is 7.23. The predicted molar refractivity (Wildman–Crippen MR) is 110 cm³/mol. The highest BCUT2D eigenvalue weighted by molar-refractivity contribution is 5.69. The largest absolute Gasteiger partial charge is 0.465 e. The van der Waals surface area contributed by atoms with Crippen molar-refractivity contribution in [3.05, 3.63) is 41.2 Å². The minimum absolute atomic E-state index is 0.164. The summed E-state index contributed by atoms with van der Waals surface area (Å²) < 4.78 is 25.6. The molecule has 1 unspecified atom stereocenters. The molecule has 30 heavy (non-hydrogen) atoms. The van der Waals surface area contributed by atoms with Crippen LogP contribution in [0.5, 0.6) is 0 Å². The summed E-state index contributed by atoms with van der Waals surface area (Å²) in [5, 5.41) is 9.09. The van der Waals surface area contributed by atoms with Gasteiger partial charge in [0.25, 0.3) is 0 Å². The number of amides is 1. The lowest BCUT2D eigenvalue weighted by atomic mass is 9.82. The van der Waals surface area contributed by atoms with Gasteiger partial charge in [-0.1, -0.05) is 12.1 Å². The molecule has 4 heterocycles. The maximum absolute atomic E-state index is 14.1. The van der Waals surface area contributed by atoms with Gasteiger partial charge in [0.15, 0.2) is 0 Å². The van der Waals surface area contributed by atoms with E-state index in [0.717, 1.165) is 50.9 Å². The molecular formula is C23H29FN2O4. The quantitative estimate of drug-likeness (QED) is 0.819. The Hall–Kier alpha value is -1.96. The molecule has 6 nitrogen and oxygen atoms in total. The first-order valence-electron chi connectivity index (χ1n) is 11.0. The molecule has 0 bridgehead atoms. The van der Waals surface area contributed by atoms with Gasteiger partial charge in [-0.3, -0.25) is 4.90 Å². The summed E-state index contributed by atoms with van der Waals surface area (Å²) in [5.41, 5.74) is 3.32. The fourth-order valence-corrected chi connectivity index (χ4v) is 5.57. The van der Waals surface area contributed by atoms with Gasteiger partial charge in [0.05, 0.1) is 32.9 Å². The molecule has 3 saturated heterocycles. The maximum Gasteiger partial charge on any atom is 0.407 e. The zero-order chi connectivity index (χ0) is 20.7. The number of benzene rings is 1. The fraction of sp³-hybridized carbons (Fsp3) is 0.609. The van der Waals surface area contributed by atoms with Crippen LogP contribution in [0.15, 0.2) is 24.3 Å². The van der Waals surface area contributed by atoms with Gasteiger partial charge in [0.2, 0.25) is 0 Å². The smallest absolute Gasteiger partial charge is 0.407 e. The van der Waals surface area contributed by atoms with E-state index in [1.54, 1.807) is 12.1 Å². The van der Waals surface area contributed by atoms with Crippen molar-refractivity contribution in [1.29, 1.82) is 0 Å². The van der Waals surface area contributed by atoms with Gasteiger partial charge >= 0.3 is 6.09 Å². The van der Waals surface area contributed by atoms with E-state index in [1.807, 2.05) is 6.07 Å². The van der Waals surface area contributed by atoms with Crippen LogP contribution in [-0.2, 0) is 9.47 Å². The van der Waals surface area contributed by atoms with E-state index in [-0.39, 0.29) is 11.4 Å². The van der Waals surface area contributed by atoms with Crippen molar-refractivity contribution < 1.29 is 23.8 Å². The first kappa shape index (κ1) is 20.0. The van der Waals surface area contributed by atoms with Crippen molar-refractivity contribution in [1.82, 2.24) is 9.80 Å². The summed E-state index contributed by atoms with van der Waals surface area (Å²) in [4.78, 5) is 15.0. The molecule has 1 N–H and O–H groups in total. The molecule has 0 aliphatic carbocycles. The minimum Gasteiger partial charge on any atom is -0.465 e. The van der Waals surface area contributed by atoms with Crippen LogP contribution in [0.4, 0.5) is 9.18 Å². The number of halogens is 1. The lowest BCUT2D eigenvalue weighted by Crippen LogP contribution is -2.63. The van der Waals surface area contributed by atoms with Crippen molar-refractivity contribution >= 4 is 11.7 Å². The predicted octanol–water partition coefficient (Wildman–Crippen LogP) is 3.33. The SMILES string of the molecule is O=C(O)N1CC2(CC(N3CCC(c4cc(F)ccc4C4=CCOCC4)CC3)CO2)C1. The standard InChI is InChI=1S/C23H29FN2O4/c24-18-1-2-20(17-5-9-29-10-6-17)21(11-18)16-3-7-25(8-4-16)19-12-23(30-13-19)14-26(15-23)22(27)28/h1-2,5,11,16,19H,3-4,6-10,12-15H2,(H,27,28). The van der Waals surface area contributed by atoms with E-state index in [0.29, 0.717) is 38.3 Å². The number of hydrogen-bond acceptors (Lipinski definition) is 4. The fourth-order valence-electron chi connectivity index (χ4n) is 5.57. The number of piperidine rings is 1. The second kappa shape index (κ2) is 7.94. The summed E-state index contributed by atoms with van der Waals surface area (Å²) >= 11 is 0. The molecule has 1 spiro atoms. The topological polar surface area (TPSA) is 62.2 Å². The molecule has 1 atom stereocenters. The van der Waals surface area contributed by atoms with Crippen LogP contribution < -0.4 is 0 Å². The van der Waals surface area contributed by atoms with Crippen molar-refractivity contribution in [2.24, 2.45) is 0 Å². The Morgan fingerprint density at radius 1 is 1.23 bits per heavy atom. The van der Waals surface area contributed by atoms with E-state index >= 15 is 0 Å². The third-order valence-corrected chi connectivity index (χ3v) is 7.23. The van der Waals surface area contributed by atoms with Crippen molar-refractivity contribution in [2.45, 2.75) is 43.2 Å². The Bertz CT molecular complexity index is 844. The molecular weight excluding hydrogens is 387 g/mol. The van der Waals surface area contributed by atoms with E-state index < -0.39 is 6.09 Å². The van der Waals surface area contributed by atoms with Gasteiger partial charge in [-0.05, 0) is 73.5 Å². The summed E-state index contributed by atoms with van der Waals surface area (Å²) in [6.07, 6.45) is 5.06. The average Bonchev–Trinajstić information content (AvgIpc) is 3.19. The van der Waals surface area contributed by atoms with Crippen LogP contribution in [0.2, 0.25) is 0 Å². The van der Waals surface area contributed by atoms with Gasteiger partial charge < -0.3 is 19.5 Å². The third kappa shape index (κ3) is 3.74. The second-order valence-corrected chi connectivity index (χ2v) is 9.09. The normalized spacial score (nSPS) is 27.2. The average molecular weight is 416 g/mol. The number of likely N-dealkylation sites (tertiary alicyclic amines) is 2. The second-order valence-electron chi connectivity index (χ2n) is 9.09. The molecule has 1 aromatic rings. The molecule has 0 radical (unpaired) electrons. The lowest BCUT2D eigenvalue weighted by molar-refractivity contribution is -0.0982. The first-order chi connectivity index (χ1) is 14.5. The zero-order valence-electron chi connectivity index (χ0n) is 17.2. The first-order valence-corrected chi connectivity index (χ1v) is 11.0. The Morgan fingerprint density at radius 3 is 2.73 bits per heavy atom. The number of ether oxygens (including phenoxy) is 2. The van der Waals surface area contributed by atoms with Crippen molar-refractivity contribution in [3.63, 3.8) is 0 Å². The number of carboxylic acid groups (broad SMARTS) is 1. The van der Waals surface area contributed by atoms with Crippen LogP contribution in [-0.4, -0.2) is 78.6 Å². The highest BCUT2D eigenvalue weighted by atomic mass is 19.1. The minimum atomic E-state index is -0.862. The highest BCUT2D eigenvalue weighted by Crippen LogP contribution is 2.40. The maximum atomic E-state index is 14.1. The molecule has 0 aromatic heterocycles. The van der Waals surface area contributed by atoms with Crippen LogP contribution in [0, 0.1) is 5.82 Å². The monoisotopic (exact) mass is 416 g/mol. The van der Waals surface area contributed by atoms with Crippen LogP contribution in [0.25, 0.3) is 5.57 Å². The molecule has 4 aliphatic heterocycles. The molecule has 1 aromatic carbocycles. The van der Waals surface area contributed by atoms with Gasteiger partial charge in [-0.2, -0.15) is 0 Å². The van der Waals surface area contributed by atoms with E-state index in [4.69, 9.17) is 14.6 Å². The Morgan fingerprint density at radius 2 is 2.03 bits per heavy atom. The van der Waals surface area contributed by atoms with E-state index in [9.17, 15) is 9.18 Å². The Kier molecular flexibility index (Phi) is 5.29. The molecule has 4 aliphatic rings. The van der Waals surface area contributed by atoms with Crippen LogP contribution >= 0.6 is 0 Å². The van der Waals surface area contributed by atoms with Crippen LogP contribution in [0.1, 0.15) is 42.7 Å². The van der Waals surface area contributed by atoms with E-state index in [1.165, 1.54) is 16.0 Å². The number of carbonyl (C=O) groups is 1. The van der Waals surface area contributed by atoms with Crippen LogP contribution in [0.3, 0.4) is 0 Å². The lowest BCUT2D eigenvalue weighted by Gasteiger charge is -2.45. The Labute approximate surface area is 176 Å². The molecule has 3 fully saturated rings. The summed E-state index contributed by atoms with van der Waals surface area (Å²) in [6.45, 7) is 4.94. The molecule has 0 saturated carbocycles. The number of nitrogens with zero attached hydrogens (tertiary/aromatic N) is 2. The highest BCUT2D eigenvalue weighted by Gasteiger charge is 2.52. The van der Waals surface area contributed by atoms with Gasteiger partial charge in [0.1, 0.15) is 11.4 Å². The molecule has 5 rings (SSSR count). The van der Waals surface area contributed by atoms with Crippen molar-refractivity contribution in [2.75, 3.05) is 46.0 Å². The zero-order valence-corrected chi connectivity index (χ0v) is 17.2. The summed E-state index contributed by atoms with van der Waals surface area (Å²) in [5.74, 6) is 0.195.